The molecule has 0 saturated carbocycles. The minimum absolute atomic E-state index is 0.00861. The Morgan fingerprint density at radius 1 is 1.50 bits per heavy atom. The van der Waals surface area contributed by atoms with E-state index in [0.29, 0.717) is 17.8 Å². The van der Waals surface area contributed by atoms with E-state index in [0.717, 1.165) is 0 Å². The summed E-state index contributed by atoms with van der Waals surface area (Å²) in [5.74, 6) is -0.608. The monoisotopic (exact) mass is 194 g/mol. The van der Waals surface area contributed by atoms with E-state index >= 15 is 0 Å². The predicted octanol–water partition coefficient (Wildman–Crippen LogP) is 1.37. The Hall–Kier alpha value is -1.58. The maximum absolute atomic E-state index is 13.3. The maximum Gasteiger partial charge on any atom is 0.253 e. The number of para-hydroxylation sites is 1. The van der Waals surface area contributed by atoms with E-state index < -0.39 is 0 Å². The lowest BCUT2D eigenvalue weighted by atomic mass is 10.1. The van der Waals surface area contributed by atoms with Crippen LogP contribution in [0, 0.1) is 5.82 Å². The lowest BCUT2D eigenvalue weighted by molar-refractivity contribution is 0.0945. The van der Waals surface area contributed by atoms with Gasteiger partial charge in [-0.1, -0.05) is 6.07 Å². The first kappa shape index (κ1) is 8.99. The number of carbonyl (C=O) groups excluding carboxylic acids is 1. The molecule has 14 heavy (non-hydrogen) atoms. The SMILES string of the molecule is CC1CNc2c(F)cccc2C(=O)N1. The van der Waals surface area contributed by atoms with Gasteiger partial charge in [-0.2, -0.15) is 0 Å². The summed E-state index contributed by atoms with van der Waals surface area (Å²) in [5.41, 5.74) is 0.670. The minimum Gasteiger partial charge on any atom is -0.380 e. The maximum atomic E-state index is 13.3. The summed E-state index contributed by atoms with van der Waals surface area (Å²) in [5, 5.41) is 5.67. The van der Waals surface area contributed by atoms with Crippen LogP contribution in [0.25, 0.3) is 0 Å². The topological polar surface area (TPSA) is 41.1 Å². The van der Waals surface area contributed by atoms with Crippen molar-refractivity contribution in [1.82, 2.24) is 5.32 Å². The van der Waals surface area contributed by atoms with Crippen LogP contribution in [-0.2, 0) is 0 Å². The second-order valence-electron chi connectivity index (χ2n) is 3.42. The number of carbonyl (C=O) groups is 1. The number of hydrogen-bond donors (Lipinski definition) is 2. The molecule has 1 heterocycles. The van der Waals surface area contributed by atoms with Gasteiger partial charge < -0.3 is 10.6 Å². The molecule has 1 aliphatic rings. The van der Waals surface area contributed by atoms with Crippen LogP contribution in [0.4, 0.5) is 10.1 Å². The highest BCUT2D eigenvalue weighted by atomic mass is 19.1. The summed E-state index contributed by atoms with van der Waals surface area (Å²) in [4.78, 5) is 11.6. The van der Waals surface area contributed by atoms with Crippen LogP contribution in [0.2, 0.25) is 0 Å². The average Bonchev–Trinajstić information content (AvgIpc) is 2.28. The molecule has 0 fully saturated rings. The van der Waals surface area contributed by atoms with Crippen molar-refractivity contribution in [3.8, 4) is 0 Å². The molecule has 1 aromatic carbocycles. The van der Waals surface area contributed by atoms with Crippen molar-refractivity contribution in [2.45, 2.75) is 13.0 Å². The summed E-state index contributed by atoms with van der Waals surface area (Å²) in [6.07, 6.45) is 0. The van der Waals surface area contributed by atoms with Crippen molar-refractivity contribution in [1.29, 1.82) is 0 Å². The fraction of sp³-hybridized carbons (Fsp3) is 0.300. The molecule has 0 radical (unpaired) electrons. The van der Waals surface area contributed by atoms with Crippen LogP contribution in [0.3, 0.4) is 0 Å². The minimum atomic E-state index is -0.383. The molecule has 1 amide bonds. The van der Waals surface area contributed by atoms with E-state index in [1.807, 2.05) is 6.92 Å². The molecule has 1 atom stereocenters. The third-order valence-electron chi connectivity index (χ3n) is 2.22. The summed E-state index contributed by atoms with van der Waals surface area (Å²) in [6.45, 7) is 2.41. The van der Waals surface area contributed by atoms with E-state index in [1.165, 1.54) is 12.1 Å². The third-order valence-corrected chi connectivity index (χ3v) is 2.22. The van der Waals surface area contributed by atoms with Crippen LogP contribution in [0.15, 0.2) is 18.2 Å². The Kier molecular flexibility index (Phi) is 2.11. The second-order valence-corrected chi connectivity index (χ2v) is 3.42. The fourth-order valence-electron chi connectivity index (χ4n) is 1.50. The first-order valence-corrected chi connectivity index (χ1v) is 4.51. The van der Waals surface area contributed by atoms with Crippen molar-refractivity contribution in [3.05, 3.63) is 29.6 Å². The number of rotatable bonds is 0. The van der Waals surface area contributed by atoms with Gasteiger partial charge in [-0.3, -0.25) is 4.79 Å². The zero-order valence-corrected chi connectivity index (χ0v) is 7.80. The summed E-state index contributed by atoms with van der Waals surface area (Å²) >= 11 is 0. The highest BCUT2D eigenvalue weighted by Crippen LogP contribution is 2.21. The second kappa shape index (κ2) is 3.29. The molecule has 1 aliphatic heterocycles. The van der Waals surface area contributed by atoms with Crippen molar-refractivity contribution in [2.75, 3.05) is 11.9 Å². The molecule has 0 aromatic heterocycles. The molecule has 0 aliphatic carbocycles. The van der Waals surface area contributed by atoms with Gasteiger partial charge in [0.2, 0.25) is 0 Å². The summed E-state index contributed by atoms with van der Waals surface area (Å²) in [6, 6.07) is 4.49. The van der Waals surface area contributed by atoms with Crippen molar-refractivity contribution >= 4 is 11.6 Å². The Morgan fingerprint density at radius 3 is 3.07 bits per heavy atom. The van der Waals surface area contributed by atoms with Crippen LogP contribution in [0.1, 0.15) is 17.3 Å². The van der Waals surface area contributed by atoms with Crippen LogP contribution in [0.5, 0.6) is 0 Å². The van der Waals surface area contributed by atoms with E-state index in [2.05, 4.69) is 10.6 Å². The number of halogens is 1. The number of hydrogen-bond acceptors (Lipinski definition) is 2. The molecule has 74 valence electrons. The summed E-state index contributed by atoms with van der Waals surface area (Å²) in [7, 11) is 0. The first-order valence-electron chi connectivity index (χ1n) is 4.51. The lowest BCUT2D eigenvalue weighted by Gasteiger charge is -2.08. The normalized spacial score (nSPS) is 20.4. The standard InChI is InChI=1S/C10H11FN2O/c1-6-5-12-9-7(10(14)13-6)3-2-4-8(9)11/h2-4,6,12H,5H2,1H3,(H,13,14). The average molecular weight is 194 g/mol. The molecule has 0 saturated heterocycles. The van der Waals surface area contributed by atoms with Gasteiger partial charge in [-0.25, -0.2) is 4.39 Å². The Morgan fingerprint density at radius 2 is 2.29 bits per heavy atom. The molecule has 0 spiro atoms. The van der Waals surface area contributed by atoms with E-state index in [4.69, 9.17) is 0 Å². The fourth-order valence-corrected chi connectivity index (χ4v) is 1.50. The first-order chi connectivity index (χ1) is 6.68. The molecule has 2 N–H and O–H groups in total. The van der Waals surface area contributed by atoms with Gasteiger partial charge in [0.05, 0.1) is 11.3 Å². The van der Waals surface area contributed by atoms with Gasteiger partial charge >= 0.3 is 0 Å². The highest BCUT2D eigenvalue weighted by Gasteiger charge is 2.20. The molecule has 0 bridgehead atoms. The van der Waals surface area contributed by atoms with Gasteiger partial charge in [0.15, 0.2) is 0 Å². The smallest absolute Gasteiger partial charge is 0.253 e. The van der Waals surface area contributed by atoms with Crippen LogP contribution in [-0.4, -0.2) is 18.5 Å². The molecular formula is C10H11FN2O. The molecular weight excluding hydrogens is 183 g/mol. The van der Waals surface area contributed by atoms with E-state index in [1.54, 1.807) is 6.07 Å². The zero-order valence-electron chi connectivity index (χ0n) is 7.80. The summed E-state index contributed by atoms with van der Waals surface area (Å²) < 4.78 is 13.3. The van der Waals surface area contributed by atoms with Gasteiger partial charge in [-0.15, -0.1) is 0 Å². The molecule has 1 aromatic rings. The Balaban J connectivity index is 2.48. The molecule has 4 heteroatoms. The Labute approximate surface area is 81.3 Å². The quantitative estimate of drug-likeness (QED) is 0.655. The largest absolute Gasteiger partial charge is 0.380 e. The van der Waals surface area contributed by atoms with Crippen molar-refractivity contribution in [2.24, 2.45) is 0 Å². The van der Waals surface area contributed by atoms with Crippen LogP contribution < -0.4 is 10.6 Å². The Bertz CT molecular complexity index is 378. The van der Waals surface area contributed by atoms with E-state index in [-0.39, 0.29) is 17.8 Å². The molecule has 2 rings (SSSR count). The van der Waals surface area contributed by atoms with Crippen molar-refractivity contribution < 1.29 is 9.18 Å². The van der Waals surface area contributed by atoms with Crippen molar-refractivity contribution in [3.63, 3.8) is 0 Å². The third kappa shape index (κ3) is 1.43. The number of anilines is 1. The number of nitrogens with one attached hydrogen (secondary N) is 2. The van der Waals surface area contributed by atoms with E-state index in [9.17, 15) is 9.18 Å². The van der Waals surface area contributed by atoms with Gasteiger partial charge in [0.25, 0.3) is 5.91 Å². The van der Waals surface area contributed by atoms with Gasteiger partial charge in [-0.05, 0) is 19.1 Å². The molecule has 3 nitrogen and oxygen atoms in total. The number of benzene rings is 1. The zero-order chi connectivity index (χ0) is 10.1. The predicted molar refractivity (Wildman–Crippen MR) is 51.8 cm³/mol. The highest BCUT2D eigenvalue weighted by molar-refractivity contribution is 6.00. The number of amides is 1. The number of fused-ring (bicyclic) bond motifs is 1. The van der Waals surface area contributed by atoms with Gasteiger partial charge in [0.1, 0.15) is 5.82 Å². The van der Waals surface area contributed by atoms with Gasteiger partial charge in [0, 0.05) is 12.6 Å². The molecule has 1 unspecified atom stereocenters. The van der Waals surface area contributed by atoms with Crippen LogP contribution >= 0.6 is 0 Å². The lowest BCUT2D eigenvalue weighted by Crippen LogP contribution is -2.34.